The summed E-state index contributed by atoms with van der Waals surface area (Å²) in [5, 5.41) is 11.4. The zero-order valence-corrected chi connectivity index (χ0v) is 15.3. The fourth-order valence-corrected chi connectivity index (χ4v) is 3.36. The van der Waals surface area contributed by atoms with Crippen LogP contribution in [0.25, 0.3) is 10.7 Å². The maximum atomic E-state index is 12.4. The summed E-state index contributed by atoms with van der Waals surface area (Å²) in [6.45, 7) is 0.565. The first-order valence-corrected chi connectivity index (χ1v) is 9.02. The Hall–Kier alpha value is -3.17. The Bertz CT molecular complexity index is 1140. The highest BCUT2D eigenvalue weighted by atomic mass is 35.5. The monoisotopic (exact) mass is 401 g/mol. The molecule has 8 nitrogen and oxygen atoms in total. The van der Waals surface area contributed by atoms with Crippen LogP contribution in [-0.2, 0) is 6.54 Å². The maximum Gasteiger partial charge on any atom is 0.439 e. The van der Waals surface area contributed by atoms with Crippen molar-refractivity contribution in [3.8, 4) is 10.7 Å². The highest BCUT2D eigenvalue weighted by Crippen LogP contribution is 2.25. The van der Waals surface area contributed by atoms with Crippen LogP contribution in [0.15, 0.2) is 58.0 Å². The van der Waals surface area contributed by atoms with Gasteiger partial charge in [-0.15, -0.1) is 11.3 Å². The number of rotatable bonds is 5. The van der Waals surface area contributed by atoms with E-state index in [1.54, 1.807) is 29.1 Å². The maximum absolute atomic E-state index is 12.4. The van der Waals surface area contributed by atoms with Gasteiger partial charge in [0.05, 0.1) is 16.3 Å². The molecule has 4 rings (SSSR count). The van der Waals surface area contributed by atoms with Crippen LogP contribution < -0.4 is 11.1 Å². The molecule has 27 heavy (non-hydrogen) atoms. The molecule has 2 N–H and O–H groups in total. The summed E-state index contributed by atoms with van der Waals surface area (Å²) < 4.78 is 6.19. The van der Waals surface area contributed by atoms with Gasteiger partial charge >= 0.3 is 5.76 Å². The molecule has 0 aliphatic carbocycles. The molecule has 0 saturated heterocycles. The number of H-pyrrole nitrogens is 1. The van der Waals surface area contributed by atoms with Crippen LogP contribution in [0.5, 0.6) is 0 Å². The Morgan fingerprint density at radius 3 is 2.78 bits per heavy atom. The van der Waals surface area contributed by atoms with Crippen LogP contribution in [0, 0.1) is 0 Å². The number of nitrogens with zero attached hydrogens (tertiary/aromatic N) is 3. The number of hydrogen-bond acceptors (Lipinski definition) is 6. The van der Waals surface area contributed by atoms with E-state index in [9.17, 15) is 9.59 Å². The van der Waals surface area contributed by atoms with Gasteiger partial charge in [-0.3, -0.25) is 19.0 Å². The molecule has 0 atom stereocenters. The van der Waals surface area contributed by atoms with Crippen molar-refractivity contribution >= 4 is 34.7 Å². The number of anilines is 1. The molecule has 3 aromatic heterocycles. The molecule has 0 fully saturated rings. The van der Waals surface area contributed by atoms with Gasteiger partial charge in [-0.2, -0.15) is 5.10 Å². The van der Waals surface area contributed by atoms with Crippen LogP contribution in [-0.4, -0.2) is 25.8 Å². The number of nitrogens with one attached hydrogen (secondary N) is 2. The zero-order chi connectivity index (χ0) is 18.8. The minimum atomic E-state index is -0.643. The van der Waals surface area contributed by atoms with Gasteiger partial charge in [0, 0.05) is 17.3 Å². The van der Waals surface area contributed by atoms with Crippen LogP contribution in [0.1, 0.15) is 15.2 Å². The molecule has 0 saturated carbocycles. The number of benzene rings is 1. The molecule has 0 aliphatic heterocycles. The van der Waals surface area contributed by atoms with Gasteiger partial charge in [0.1, 0.15) is 0 Å². The lowest BCUT2D eigenvalue weighted by Crippen LogP contribution is -2.11. The fourth-order valence-electron chi connectivity index (χ4n) is 2.39. The van der Waals surface area contributed by atoms with Crippen molar-refractivity contribution in [3.05, 3.63) is 74.7 Å². The van der Waals surface area contributed by atoms with Crippen LogP contribution in [0.3, 0.4) is 0 Å². The van der Waals surface area contributed by atoms with Crippen molar-refractivity contribution in [1.29, 1.82) is 0 Å². The molecule has 3 heterocycles. The summed E-state index contributed by atoms with van der Waals surface area (Å²) in [6, 6.07) is 12.5. The number of thiophene rings is 1. The lowest BCUT2D eigenvalue weighted by molar-refractivity contribution is 0.103. The Balaban J connectivity index is 1.43. The average molecular weight is 402 g/mol. The predicted octanol–water partition coefficient (Wildman–Crippen LogP) is 3.24. The molecule has 10 heteroatoms. The highest BCUT2D eigenvalue weighted by molar-refractivity contribution is 7.17. The van der Waals surface area contributed by atoms with Crippen molar-refractivity contribution in [3.63, 3.8) is 0 Å². The topological polar surface area (TPSA) is 106 Å². The molecule has 1 amide bonds. The SMILES string of the molecule is O=C(Nc1ccn(Cc2ccc(Cl)cc2)n1)c1ccc(-c2noc(=O)[nH]2)s1. The van der Waals surface area contributed by atoms with Crippen molar-refractivity contribution in [2.45, 2.75) is 6.54 Å². The number of halogens is 1. The van der Waals surface area contributed by atoms with Crippen molar-refractivity contribution < 1.29 is 9.32 Å². The molecule has 1 aromatic carbocycles. The summed E-state index contributed by atoms with van der Waals surface area (Å²) in [4.78, 5) is 26.9. The number of carbonyl (C=O) groups is 1. The third kappa shape index (κ3) is 3.99. The number of amides is 1. The average Bonchev–Trinajstić information content (AvgIpc) is 3.38. The first-order valence-electron chi connectivity index (χ1n) is 7.82. The molecular formula is C17H12ClN5O3S. The molecular weight excluding hydrogens is 390 g/mol. The molecule has 0 unspecified atom stereocenters. The Morgan fingerprint density at radius 1 is 1.22 bits per heavy atom. The zero-order valence-electron chi connectivity index (χ0n) is 13.7. The second-order valence-corrected chi connectivity index (χ2v) is 7.11. The number of aromatic amines is 1. The van der Waals surface area contributed by atoms with Crippen LogP contribution in [0.2, 0.25) is 5.02 Å². The third-order valence-electron chi connectivity index (χ3n) is 3.64. The summed E-state index contributed by atoms with van der Waals surface area (Å²) in [7, 11) is 0. The first kappa shape index (κ1) is 17.3. The second-order valence-electron chi connectivity index (χ2n) is 5.59. The summed E-state index contributed by atoms with van der Waals surface area (Å²) >= 11 is 7.07. The van der Waals surface area contributed by atoms with E-state index in [0.29, 0.717) is 27.1 Å². The van der Waals surface area contributed by atoms with Crippen molar-refractivity contribution in [1.82, 2.24) is 19.9 Å². The van der Waals surface area contributed by atoms with Gasteiger partial charge in [-0.1, -0.05) is 28.9 Å². The Labute approximate surface area is 161 Å². The van der Waals surface area contributed by atoms with Crippen LogP contribution >= 0.6 is 22.9 Å². The van der Waals surface area contributed by atoms with Gasteiger partial charge in [-0.05, 0) is 29.8 Å². The molecule has 0 aliphatic rings. The normalized spacial score (nSPS) is 10.9. The largest absolute Gasteiger partial charge is 0.439 e. The minimum Gasteiger partial charge on any atom is -0.304 e. The first-order chi connectivity index (χ1) is 13.1. The van der Waals surface area contributed by atoms with Gasteiger partial charge in [0.2, 0.25) is 0 Å². The van der Waals surface area contributed by atoms with E-state index in [-0.39, 0.29) is 11.7 Å². The van der Waals surface area contributed by atoms with E-state index in [1.165, 1.54) is 11.3 Å². The van der Waals surface area contributed by atoms with E-state index in [4.69, 9.17) is 11.6 Å². The van der Waals surface area contributed by atoms with Crippen molar-refractivity contribution in [2.24, 2.45) is 0 Å². The number of aromatic nitrogens is 4. The summed E-state index contributed by atoms with van der Waals surface area (Å²) in [5.74, 6) is -0.209. The Morgan fingerprint density at radius 2 is 2.04 bits per heavy atom. The summed E-state index contributed by atoms with van der Waals surface area (Å²) in [5.41, 5.74) is 1.05. The van der Waals surface area contributed by atoms with Gasteiger partial charge in [0.25, 0.3) is 5.91 Å². The molecule has 0 bridgehead atoms. The van der Waals surface area contributed by atoms with Gasteiger partial charge in [-0.25, -0.2) is 4.79 Å². The summed E-state index contributed by atoms with van der Waals surface area (Å²) in [6.07, 6.45) is 1.78. The minimum absolute atomic E-state index is 0.288. The lowest BCUT2D eigenvalue weighted by Gasteiger charge is -2.02. The Kier molecular flexibility index (Phi) is 4.61. The smallest absolute Gasteiger partial charge is 0.304 e. The molecule has 4 aromatic rings. The highest BCUT2D eigenvalue weighted by Gasteiger charge is 2.14. The fraction of sp³-hybridized carbons (Fsp3) is 0.0588. The van der Waals surface area contributed by atoms with E-state index in [2.05, 4.69) is 25.1 Å². The molecule has 136 valence electrons. The molecule has 0 radical (unpaired) electrons. The third-order valence-corrected chi connectivity index (χ3v) is 4.99. The van der Waals surface area contributed by atoms with E-state index in [0.717, 1.165) is 5.56 Å². The standard InChI is InChI=1S/C17H12ClN5O3S/c18-11-3-1-10(2-4-11)9-23-8-7-14(21-23)19-16(24)13-6-5-12(27-13)15-20-17(25)26-22-15/h1-8H,9H2,(H,19,21,24)(H,20,22,25). The quantitative estimate of drug-likeness (QED) is 0.534. The number of hydrogen-bond donors (Lipinski definition) is 2. The van der Waals surface area contributed by atoms with Crippen LogP contribution in [0.4, 0.5) is 5.82 Å². The second kappa shape index (κ2) is 7.22. The van der Waals surface area contributed by atoms with Gasteiger partial charge in [0.15, 0.2) is 11.6 Å². The lowest BCUT2D eigenvalue weighted by atomic mass is 10.2. The van der Waals surface area contributed by atoms with E-state index < -0.39 is 5.76 Å². The predicted molar refractivity (Wildman–Crippen MR) is 101 cm³/mol. The van der Waals surface area contributed by atoms with Gasteiger partial charge < -0.3 is 5.32 Å². The van der Waals surface area contributed by atoms with E-state index in [1.807, 2.05) is 24.3 Å². The molecule has 0 spiro atoms. The number of carbonyl (C=O) groups excluding carboxylic acids is 1. The van der Waals surface area contributed by atoms with E-state index >= 15 is 0 Å². The van der Waals surface area contributed by atoms with Crippen molar-refractivity contribution in [2.75, 3.05) is 5.32 Å².